The lowest BCUT2D eigenvalue weighted by molar-refractivity contribution is -0.130. The zero-order chi connectivity index (χ0) is 13.8. The van der Waals surface area contributed by atoms with Gasteiger partial charge in [0.2, 0.25) is 5.91 Å². The van der Waals surface area contributed by atoms with Gasteiger partial charge in [0, 0.05) is 25.8 Å². The SMILES string of the molecule is CN1CCCN(c2cccc(F)c2)C(CCN)C1=O. The summed E-state index contributed by atoms with van der Waals surface area (Å²) in [5.41, 5.74) is 6.37. The Labute approximate surface area is 113 Å². The third-order valence-corrected chi connectivity index (χ3v) is 3.51. The van der Waals surface area contributed by atoms with Crippen LogP contribution in [0.15, 0.2) is 24.3 Å². The molecule has 1 aromatic rings. The summed E-state index contributed by atoms with van der Waals surface area (Å²) >= 11 is 0. The lowest BCUT2D eigenvalue weighted by atomic mass is 10.1. The van der Waals surface area contributed by atoms with Crippen molar-refractivity contribution < 1.29 is 9.18 Å². The first kappa shape index (κ1) is 13.8. The van der Waals surface area contributed by atoms with Crippen molar-refractivity contribution in [3.63, 3.8) is 0 Å². The van der Waals surface area contributed by atoms with Crippen LogP contribution in [0.3, 0.4) is 0 Å². The summed E-state index contributed by atoms with van der Waals surface area (Å²) in [4.78, 5) is 16.0. The highest BCUT2D eigenvalue weighted by Crippen LogP contribution is 2.23. The summed E-state index contributed by atoms with van der Waals surface area (Å²) in [6.07, 6.45) is 1.46. The van der Waals surface area contributed by atoms with Gasteiger partial charge >= 0.3 is 0 Å². The number of benzene rings is 1. The maximum absolute atomic E-state index is 13.4. The quantitative estimate of drug-likeness (QED) is 0.893. The van der Waals surface area contributed by atoms with E-state index in [9.17, 15) is 9.18 Å². The Balaban J connectivity index is 2.31. The molecule has 0 aromatic heterocycles. The van der Waals surface area contributed by atoms with E-state index in [1.165, 1.54) is 12.1 Å². The van der Waals surface area contributed by atoms with Crippen LogP contribution in [0.25, 0.3) is 0 Å². The molecular formula is C14H20FN3O. The fourth-order valence-electron chi connectivity index (χ4n) is 2.53. The Morgan fingerprint density at radius 3 is 2.89 bits per heavy atom. The molecule has 5 heteroatoms. The van der Waals surface area contributed by atoms with E-state index in [0.717, 1.165) is 25.2 Å². The monoisotopic (exact) mass is 265 g/mol. The predicted molar refractivity (Wildman–Crippen MR) is 73.5 cm³/mol. The molecule has 1 heterocycles. The number of nitrogens with two attached hydrogens (primary N) is 1. The molecule has 4 nitrogen and oxygen atoms in total. The van der Waals surface area contributed by atoms with Gasteiger partial charge in [0.05, 0.1) is 0 Å². The maximum atomic E-state index is 13.4. The molecule has 1 saturated heterocycles. The molecule has 1 aliphatic rings. The van der Waals surface area contributed by atoms with Gasteiger partial charge in [-0.15, -0.1) is 0 Å². The number of carbonyl (C=O) groups excluding carboxylic acids is 1. The minimum Gasteiger partial charge on any atom is -0.359 e. The Bertz CT molecular complexity index is 452. The molecule has 0 aliphatic carbocycles. The number of hydrogen-bond acceptors (Lipinski definition) is 3. The molecule has 2 N–H and O–H groups in total. The highest BCUT2D eigenvalue weighted by atomic mass is 19.1. The van der Waals surface area contributed by atoms with E-state index in [0.29, 0.717) is 13.0 Å². The molecule has 1 aromatic carbocycles. The van der Waals surface area contributed by atoms with E-state index < -0.39 is 0 Å². The van der Waals surface area contributed by atoms with Crippen LogP contribution in [0.1, 0.15) is 12.8 Å². The van der Waals surface area contributed by atoms with Crippen LogP contribution < -0.4 is 10.6 Å². The van der Waals surface area contributed by atoms with Crippen molar-refractivity contribution in [1.29, 1.82) is 0 Å². The summed E-state index contributed by atoms with van der Waals surface area (Å²) in [6, 6.07) is 6.10. The van der Waals surface area contributed by atoms with Gasteiger partial charge in [-0.2, -0.15) is 0 Å². The summed E-state index contributed by atoms with van der Waals surface area (Å²) in [5.74, 6) is -0.221. The molecule has 0 bridgehead atoms. The predicted octanol–water partition coefficient (Wildman–Crippen LogP) is 1.21. The third-order valence-electron chi connectivity index (χ3n) is 3.51. The van der Waals surface area contributed by atoms with Gasteiger partial charge < -0.3 is 15.5 Å². The van der Waals surface area contributed by atoms with Crippen molar-refractivity contribution in [2.75, 3.05) is 31.6 Å². The number of nitrogens with zero attached hydrogens (tertiary/aromatic N) is 2. The Morgan fingerprint density at radius 2 is 2.21 bits per heavy atom. The summed E-state index contributed by atoms with van der Waals surface area (Å²) in [7, 11) is 1.81. The minimum atomic E-state index is -0.292. The van der Waals surface area contributed by atoms with Gasteiger partial charge in [-0.1, -0.05) is 6.07 Å². The zero-order valence-electron chi connectivity index (χ0n) is 11.2. The molecule has 104 valence electrons. The Morgan fingerprint density at radius 1 is 1.42 bits per heavy atom. The van der Waals surface area contributed by atoms with Crippen molar-refractivity contribution in [3.8, 4) is 0 Å². The van der Waals surface area contributed by atoms with Crippen molar-refractivity contribution in [2.24, 2.45) is 5.73 Å². The van der Waals surface area contributed by atoms with Crippen LogP contribution in [-0.4, -0.2) is 43.5 Å². The number of halogens is 1. The Hall–Kier alpha value is -1.62. The lowest BCUT2D eigenvalue weighted by Crippen LogP contribution is -2.46. The Kier molecular flexibility index (Phi) is 4.37. The molecule has 0 spiro atoms. The molecule has 1 atom stereocenters. The van der Waals surface area contributed by atoms with E-state index in [1.807, 2.05) is 11.0 Å². The van der Waals surface area contributed by atoms with Crippen molar-refractivity contribution in [1.82, 2.24) is 4.90 Å². The third kappa shape index (κ3) is 3.04. The van der Waals surface area contributed by atoms with Crippen molar-refractivity contribution in [3.05, 3.63) is 30.1 Å². The van der Waals surface area contributed by atoms with Gasteiger partial charge in [0.25, 0.3) is 0 Å². The minimum absolute atomic E-state index is 0.0622. The molecule has 1 aliphatic heterocycles. The van der Waals surface area contributed by atoms with Gasteiger partial charge in [0.1, 0.15) is 11.9 Å². The van der Waals surface area contributed by atoms with Crippen LogP contribution in [0.2, 0.25) is 0 Å². The molecular weight excluding hydrogens is 245 g/mol. The number of hydrogen-bond donors (Lipinski definition) is 1. The number of amides is 1. The fraction of sp³-hybridized carbons (Fsp3) is 0.500. The van der Waals surface area contributed by atoms with Gasteiger partial charge in [-0.05, 0) is 37.6 Å². The van der Waals surface area contributed by atoms with E-state index >= 15 is 0 Å². The number of anilines is 1. The largest absolute Gasteiger partial charge is 0.359 e. The number of likely N-dealkylation sites (N-methyl/N-ethyl adjacent to an activating group) is 1. The number of rotatable bonds is 3. The molecule has 1 fully saturated rings. The molecule has 2 rings (SSSR count). The average Bonchev–Trinajstić information content (AvgIpc) is 2.53. The van der Waals surface area contributed by atoms with Crippen LogP contribution in [0.4, 0.5) is 10.1 Å². The summed E-state index contributed by atoms with van der Waals surface area (Å²) in [5, 5.41) is 0. The highest BCUT2D eigenvalue weighted by molar-refractivity contribution is 5.85. The highest BCUT2D eigenvalue weighted by Gasteiger charge is 2.30. The van der Waals surface area contributed by atoms with Gasteiger partial charge in [-0.25, -0.2) is 4.39 Å². The van der Waals surface area contributed by atoms with Gasteiger partial charge in [0.15, 0.2) is 0 Å². The van der Waals surface area contributed by atoms with E-state index in [2.05, 4.69) is 0 Å². The van der Waals surface area contributed by atoms with Crippen molar-refractivity contribution >= 4 is 11.6 Å². The van der Waals surface area contributed by atoms with Crippen LogP contribution >= 0.6 is 0 Å². The van der Waals surface area contributed by atoms with E-state index in [-0.39, 0.29) is 17.8 Å². The van der Waals surface area contributed by atoms with E-state index in [1.54, 1.807) is 18.0 Å². The first-order valence-corrected chi connectivity index (χ1v) is 6.60. The second-order valence-electron chi connectivity index (χ2n) is 4.88. The van der Waals surface area contributed by atoms with Crippen LogP contribution in [0, 0.1) is 5.82 Å². The second-order valence-corrected chi connectivity index (χ2v) is 4.88. The van der Waals surface area contributed by atoms with Gasteiger partial charge in [-0.3, -0.25) is 4.79 Å². The van der Waals surface area contributed by atoms with E-state index in [4.69, 9.17) is 5.73 Å². The van der Waals surface area contributed by atoms with Crippen LogP contribution in [0.5, 0.6) is 0 Å². The molecule has 1 amide bonds. The molecule has 0 radical (unpaired) electrons. The topological polar surface area (TPSA) is 49.6 Å². The zero-order valence-corrected chi connectivity index (χ0v) is 11.2. The fourth-order valence-corrected chi connectivity index (χ4v) is 2.53. The average molecular weight is 265 g/mol. The number of carbonyl (C=O) groups is 1. The standard InChI is InChI=1S/C14H20FN3O/c1-17-8-3-9-18(13(6-7-16)14(17)19)12-5-2-4-11(15)10-12/h2,4-5,10,13H,3,6-9,16H2,1H3. The summed E-state index contributed by atoms with van der Waals surface area (Å²) < 4.78 is 13.4. The molecule has 0 saturated carbocycles. The first-order chi connectivity index (χ1) is 9.13. The molecule has 19 heavy (non-hydrogen) atoms. The normalized spacial score (nSPS) is 20.6. The van der Waals surface area contributed by atoms with Crippen LogP contribution in [-0.2, 0) is 4.79 Å². The smallest absolute Gasteiger partial charge is 0.245 e. The first-order valence-electron chi connectivity index (χ1n) is 6.60. The van der Waals surface area contributed by atoms with Crippen molar-refractivity contribution in [2.45, 2.75) is 18.9 Å². The molecule has 1 unspecified atom stereocenters. The maximum Gasteiger partial charge on any atom is 0.245 e. The lowest BCUT2D eigenvalue weighted by Gasteiger charge is -2.31. The summed E-state index contributed by atoms with van der Waals surface area (Å²) in [6.45, 7) is 1.91. The second kappa shape index (κ2) is 6.02.